The van der Waals surface area contributed by atoms with Gasteiger partial charge in [0.25, 0.3) is 5.91 Å². The standard InChI is InChI=1S/C32H29F2N3O7S/c1-41-31(40)43-16-42-28-23(38)9-12-36-27(28)30(39)35-13-11-32-10-8-17(44-32)14-21(32)29(35)37(36)26-18-6-7-22(33)25(34)20(18)15-45-24-5-3-2-4-19(24)26/h2-7,9,12,17,21,26,29H,8,10-11,13-16H2,1H3/t17-,21+,26-,29+,32-/m0/s1/i26D. The van der Waals surface area contributed by atoms with Crippen LogP contribution in [0.2, 0.25) is 0 Å². The quantitative estimate of drug-likeness (QED) is 0.298. The minimum atomic E-state index is -1.93. The first-order valence-corrected chi connectivity index (χ1v) is 15.7. The van der Waals surface area contributed by atoms with Gasteiger partial charge in [0.2, 0.25) is 18.0 Å². The Bertz CT molecular complexity index is 1860. The van der Waals surface area contributed by atoms with Crippen LogP contribution in [0.5, 0.6) is 5.75 Å². The van der Waals surface area contributed by atoms with Gasteiger partial charge < -0.3 is 23.8 Å². The van der Waals surface area contributed by atoms with Crippen LogP contribution >= 0.6 is 11.8 Å². The zero-order valence-electron chi connectivity index (χ0n) is 25.2. The first-order chi connectivity index (χ1) is 22.2. The van der Waals surface area contributed by atoms with Gasteiger partial charge in [-0.1, -0.05) is 24.3 Å². The highest BCUT2D eigenvalue weighted by Crippen LogP contribution is 2.57. The van der Waals surface area contributed by atoms with Gasteiger partial charge in [-0.3, -0.25) is 19.3 Å². The molecule has 1 amide bonds. The molecule has 5 atom stereocenters. The molecule has 3 aromatic rings. The Morgan fingerprint density at radius 3 is 2.82 bits per heavy atom. The third-order valence-corrected chi connectivity index (χ3v) is 10.8. The second-order valence-corrected chi connectivity index (χ2v) is 12.8. The second-order valence-electron chi connectivity index (χ2n) is 11.8. The van der Waals surface area contributed by atoms with Crippen LogP contribution in [0.25, 0.3) is 0 Å². The van der Waals surface area contributed by atoms with Crippen molar-refractivity contribution in [3.63, 3.8) is 0 Å². The van der Waals surface area contributed by atoms with Gasteiger partial charge in [0.1, 0.15) is 6.17 Å². The van der Waals surface area contributed by atoms with Gasteiger partial charge in [0.05, 0.1) is 26.2 Å². The number of carbonyl (C=O) groups excluding carboxylic acids is 2. The smallest absolute Gasteiger partial charge is 0.451 e. The van der Waals surface area contributed by atoms with Crippen molar-refractivity contribution in [2.45, 2.75) is 60.2 Å². The summed E-state index contributed by atoms with van der Waals surface area (Å²) in [6.07, 6.45) is 2.53. The number of pyridine rings is 1. The zero-order valence-corrected chi connectivity index (χ0v) is 25.0. The maximum atomic E-state index is 15.7. The van der Waals surface area contributed by atoms with Crippen LogP contribution in [-0.2, 0) is 20.0 Å². The van der Waals surface area contributed by atoms with Crippen LogP contribution in [0, 0.1) is 17.6 Å². The van der Waals surface area contributed by atoms with Crippen molar-refractivity contribution in [3.05, 3.63) is 92.9 Å². The Morgan fingerprint density at radius 2 is 2.00 bits per heavy atom. The molecule has 234 valence electrons. The fraction of sp³-hybridized carbons (Fsp3) is 0.406. The number of benzene rings is 2. The number of thioether (sulfide) groups is 1. The molecule has 0 aliphatic carbocycles. The molecule has 10 nitrogen and oxygen atoms in total. The molecule has 5 aliphatic heterocycles. The van der Waals surface area contributed by atoms with E-state index in [1.807, 2.05) is 12.1 Å². The van der Waals surface area contributed by atoms with E-state index < -0.39 is 53.7 Å². The van der Waals surface area contributed by atoms with Crippen molar-refractivity contribution >= 4 is 23.8 Å². The Kier molecular flexibility index (Phi) is 6.34. The first-order valence-electron chi connectivity index (χ1n) is 15.3. The minimum Gasteiger partial charge on any atom is -0.451 e. The summed E-state index contributed by atoms with van der Waals surface area (Å²) in [5.41, 5.74) is -0.581. The number of carbonyl (C=O) groups is 2. The number of fused-ring (bicyclic) bond motifs is 6. The minimum absolute atomic E-state index is 0.00386. The van der Waals surface area contributed by atoms with Gasteiger partial charge in [0, 0.05) is 40.9 Å². The molecule has 0 radical (unpaired) electrons. The van der Waals surface area contributed by atoms with E-state index in [1.165, 1.54) is 34.8 Å². The average molecular weight is 639 g/mol. The monoisotopic (exact) mass is 638 g/mol. The number of methoxy groups -OCH3 is 1. The number of aromatic nitrogens is 1. The Balaban J connectivity index is 1.40. The van der Waals surface area contributed by atoms with Crippen molar-refractivity contribution in [2.75, 3.05) is 25.5 Å². The molecule has 3 saturated heterocycles. The van der Waals surface area contributed by atoms with Crippen molar-refractivity contribution in [3.8, 4) is 5.75 Å². The topological polar surface area (TPSA) is 99.5 Å². The predicted octanol–water partition coefficient (Wildman–Crippen LogP) is 4.70. The van der Waals surface area contributed by atoms with Crippen LogP contribution in [-0.4, -0.2) is 60.0 Å². The molecule has 13 heteroatoms. The number of hydrogen-bond acceptors (Lipinski definition) is 9. The molecular weight excluding hydrogens is 608 g/mol. The summed E-state index contributed by atoms with van der Waals surface area (Å²) < 4.78 is 64.0. The molecule has 0 N–H and O–H groups in total. The molecule has 45 heavy (non-hydrogen) atoms. The lowest BCUT2D eigenvalue weighted by Crippen LogP contribution is -2.70. The first kappa shape index (κ1) is 27.2. The SMILES string of the molecule is [2H][C@@]1(N2[C@@H]3[C@H]4C[C@@H]5CC[C@@]4(CCN3C(=O)c3c(OCOC(=O)OC)c(=O)ccn32)O5)c2ccccc2SCc2c1ccc(F)c2F. The molecule has 0 unspecified atom stereocenters. The van der Waals surface area contributed by atoms with E-state index in [0.29, 0.717) is 23.3 Å². The summed E-state index contributed by atoms with van der Waals surface area (Å²) in [6.45, 7) is -0.447. The van der Waals surface area contributed by atoms with Crippen molar-refractivity contribution in [1.82, 2.24) is 9.58 Å². The highest BCUT2D eigenvalue weighted by Gasteiger charge is 2.63. The maximum Gasteiger partial charge on any atom is 0.510 e. The average Bonchev–Trinajstić information content (AvgIpc) is 3.61. The summed E-state index contributed by atoms with van der Waals surface area (Å²) in [5, 5.41) is 1.70. The summed E-state index contributed by atoms with van der Waals surface area (Å²) in [6, 6.07) is 8.96. The van der Waals surface area contributed by atoms with Gasteiger partial charge in [-0.05, 0) is 48.9 Å². The number of ether oxygens (including phenoxy) is 4. The number of piperidine rings is 1. The largest absolute Gasteiger partial charge is 0.510 e. The molecule has 2 bridgehead atoms. The molecular formula is C32H29F2N3O7S. The van der Waals surface area contributed by atoms with Gasteiger partial charge in [-0.2, -0.15) is 0 Å². The normalized spacial score (nSPS) is 29.4. The molecule has 1 spiro atoms. The molecule has 1 aromatic heterocycles. The fourth-order valence-electron chi connectivity index (χ4n) is 7.75. The van der Waals surface area contributed by atoms with E-state index in [2.05, 4.69) is 4.74 Å². The van der Waals surface area contributed by atoms with Gasteiger partial charge in [0.15, 0.2) is 17.3 Å². The molecule has 0 saturated carbocycles. The lowest BCUT2D eigenvalue weighted by molar-refractivity contribution is -0.0758. The van der Waals surface area contributed by atoms with E-state index in [0.717, 1.165) is 26.0 Å². The van der Waals surface area contributed by atoms with Crippen LogP contribution in [0.1, 0.15) is 60.3 Å². The van der Waals surface area contributed by atoms with Crippen LogP contribution < -0.4 is 15.2 Å². The van der Waals surface area contributed by atoms with Gasteiger partial charge >= 0.3 is 6.16 Å². The van der Waals surface area contributed by atoms with Crippen LogP contribution in [0.3, 0.4) is 0 Å². The Labute approximate surface area is 262 Å². The number of hydrogen-bond donors (Lipinski definition) is 0. The molecule has 3 fully saturated rings. The summed E-state index contributed by atoms with van der Waals surface area (Å²) in [7, 11) is 1.12. The molecule has 8 rings (SSSR count). The van der Waals surface area contributed by atoms with E-state index in [-0.39, 0.29) is 46.9 Å². The maximum absolute atomic E-state index is 15.7. The Hall–Kier alpha value is -4.10. The summed E-state index contributed by atoms with van der Waals surface area (Å²) in [5.74, 6) is -3.09. The zero-order chi connectivity index (χ0) is 32.0. The van der Waals surface area contributed by atoms with Crippen molar-refractivity contribution < 1.29 is 38.7 Å². The number of rotatable bonds is 4. The van der Waals surface area contributed by atoms with Crippen LogP contribution in [0.4, 0.5) is 13.6 Å². The van der Waals surface area contributed by atoms with Crippen LogP contribution in [0.15, 0.2) is 58.4 Å². The van der Waals surface area contributed by atoms with E-state index in [1.54, 1.807) is 22.0 Å². The fourth-order valence-corrected chi connectivity index (χ4v) is 8.82. The van der Waals surface area contributed by atoms with E-state index in [4.69, 9.17) is 14.2 Å². The van der Waals surface area contributed by atoms with Gasteiger partial charge in [-0.15, -0.1) is 11.8 Å². The second kappa shape index (κ2) is 10.5. The lowest BCUT2D eigenvalue weighted by atomic mass is 9.71. The highest BCUT2D eigenvalue weighted by atomic mass is 32.2. The van der Waals surface area contributed by atoms with E-state index in [9.17, 15) is 20.1 Å². The third kappa shape index (κ3) is 4.19. The molecule has 6 heterocycles. The molecule has 2 aromatic carbocycles. The number of nitrogens with zero attached hydrogens (tertiary/aromatic N) is 3. The van der Waals surface area contributed by atoms with Crippen molar-refractivity contribution in [1.29, 1.82) is 0 Å². The predicted molar refractivity (Wildman–Crippen MR) is 156 cm³/mol. The van der Waals surface area contributed by atoms with E-state index >= 15 is 4.39 Å². The highest BCUT2D eigenvalue weighted by molar-refractivity contribution is 7.98. The summed E-state index contributed by atoms with van der Waals surface area (Å²) >= 11 is 1.30. The summed E-state index contributed by atoms with van der Waals surface area (Å²) in [4.78, 5) is 41.7. The lowest BCUT2D eigenvalue weighted by Gasteiger charge is -2.57. The number of halogens is 2. The van der Waals surface area contributed by atoms with Gasteiger partial charge in [-0.25, -0.2) is 13.6 Å². The third-order valence-electron chi connectivity index (χ3n) is 9.66. The Morgan fingerprint density at radius 1 is 1.16 bits per heavy atom. The van der Waals surface area contributed by atoms with Crippen molar-refractivity contribution in [2.24, 2.45) is 5.92 Å². The molecule has 5 aliphatic rings. The number of amides is 1.